The lowest BCUT2D eigenvalue weighted by Crippen LogP contribution is -2.10. The van der Waals surface area contributed by atoms with Gasteiger partial charge in [0, 0.05) is 42.3 Å². The van der Waals surface area contributed by atoms with E-state index in [0.717, 1.165) is 11.1 Å². The monoisotopic (exact) mass is 565 g/mol. The number of hydrogen-bond acceptors (Lipinski definition) is 8. The third-order valence-electron chi connectivity index (χ3n) is 6.34. The van der Waals surface area contributed by atoms with Crippen molar-refractivity contribution < 1.29 is 28.5 Å². The highest BCUT2D eigenvalue weighted by molar-refractivity contribution is 5.90. The fraction of sp³-hybridized carbons (Fsp3) is 0.125. The van der Waals surface area contributed by atoms with Crippen molar-refractivity contribution in [2.45, 2.75) is 26.1 Å². The molecule has 4 aromatic carbocycles. The first-order valence-electron chi connectivity index (χ1n) is 13.1. The summed E-state index contributed by atoms with van der Waals surface area (Å²) in [6.45, 7) is 0.615. The molecule has 1 amide bonds. The molecule has 1 aromatic heterocycles. The Hall–Kier alpha value is -5.64. The van der Waals surface area contributed by atoms with Crippen LogP contribution in [0.25, 0.3) is 0 Å². The average molecular weight is 566 g/mol. The molecule has 0 fully saturated rings. The molecule has 0 aliphatic carbocycles. The molecule has 0 saturated carbocycles. The molecule has 0 saturated heterocycles. The minimum Gasteiger partial charge on any atom is -0.489 e. The van der Waals surface area contributed by atoms with Crippen molar-refractivity contribution >= 4 is 11.6 Å². The van der Waals surface area contributed by atoms with E-state index in [1.165, 1.54) is 30.3 Å². The molecule has 0 unspecified atom stereocenters. The van der Waals surface area contributed by atoms with Crippen LogP contribution in [-0.2, 0) is 26.1 Å². The predicted molar refractivity (Wildman–Crippen MR) is 154 cm³/mol. The number of nitro groups is 1. The van der Waals surface area contributed by atoms with Gasteiger partial charge in [-0.25, -0.2) is 0 Å². The molecule has 2 N–H and O–H groups in total. The number of hydrogen-bond donors (Lipinski definition) is 1. The van der Waals surface area contributed by atoms with Gasteiger partial charge in [0.15, 0.2) is 5.69 Å². The van der Waals surface area contributed by atoms with Gasteiger partial charge in [-0.05, 0) is 29.7 Å². The number of ether oxygens (including phenoxy) is 3. The van der Waals surface area contributed by atoms with E-state index >= 15 is 0 Å². The SMILES string of the molecule is NC(=O)c1cc(CCc2c(OCc3ccccc3)cc(OCc3ccccc3)cc2Oc2ccc([N+](=O)[O-])cc2)on1. The summed E-state index contributed by atoms with van der Waals surface area (Å²) in [7, 11) is 0. The number of amides is 1. The Kier molecular flexibility index (Phi) is 8.73. The summed E-state index contributed by atoms with van der Waals surface area (Å²) in [4.78, 5) is 22.2. The first-order valence-corrected chi connectivity index (χ1v) is 13.1. The van der Waals surface area contributed by atoms with Crippen LogP contribution >= 0.6 is 0 Å². The second-order valence-corrected chi connectivity index (χ2v) is 9.34. The highest BCUT2D eigenvalue weighted by Crippen LogP contribution is 2.39. The van der Waals surface area contributed by atoms with Gasteiger partial charge in [-0.1, -0.05) is 65.8 Å². The predicted octanol–water partition coefficient (Wildman–Crippen LogP) is 6.42. The zero-order chi connectivity index (χ0) is 29.3. The summed E-state index contributed by atoms with van der Waals surface area (Å²) in [5, 5.41) is 14.9. The van der Waals surface area contributed by atoms with E-state index in [0.29, 0.717) is 60.4 Å². The van der Waals surface area contributed by atoms with Crippen LogP contribution < -0.4 is 19.9 Å². The fourth-order valence-corrected chi connectivity index (χ4v) is 4.18. The number of nitrogens with zero attached hydrogens (tertiary/aromatic N) is 2. The topological polar surface area (TPSA) is 140 Å². The molecule has 0 aliphatic heterocycles. The van der Waals surface area contributed by atoms with Crippen molar-refractivity contribution in [2.75, 3.05) is 0 Å². The largest absolute Gasteiger partial charge is 0.489 e. The molecule has 0 aliphatic rings. The lowest BCUT2D eigenvalue weighted by atomic mass is 10.0. The van der Waals surface area contributed by atoms with Crippen molar-refractivity contribution in [3.05, 3.63) is 141 Å². The van der Waals surface area contributed by atoms with Gasteiger partial charge in [0.05, 0.1) is 4.92 Å². The molecular weight excluding hydrogens is 538 g/mol. The van der Waals surface area contributed by atoms with Gasteiger partial charge < -0.3 is 24.5 Å². The van der Waals surface area contributed by atoms with Gasteiger partial charge in [-0.2, -0.15) is 0 Å². The first kappa shape index (κ1) is 27.9. The third-order valence-corrected chi connectivity index (χ3v) is 6.34. The molecule has 10 nitrogen and oxygen atoms in total. The standard InChI is InChI=1S/C32H27N3O7/c33-32(36)29-17-26(42-34-29)15-16-28-30(40-21-23-9-5-2-6-10-23)18-27(39-20-22-7-3-1-4-8-22)19-31(28)41-25-13-11-24(12-14-25)35(37)38/h1-14,17-19H,15-16,20-21H2,(H2,33,36). The maximum atomic E-state index is 11.5. The van der Waals surface area contributed by atoms with E-state index in [4.69, 9.17) is 24.5 Å². The molecule has 0 atom stereocenters. The van der Waals surface area contributed by atoms with Crippen LogP contribution in [0.1, 0.15) is 32.9 Å². The summed E-state index contributed by atoms with van der Waals surface area (Å²) >= 11 is 0. The van der Waals surface area contributed by atoms with Crippen LogP contribution in [0.5, 0.6) is 23.0 Å². The zero-order valence-electron chi connectivity index (χ0n) is 22.5. The number of carbonyl (C=O) groups is 1. The van der Waals surface area contributed by atoms with Crippen LogP contribution in [0, 0.1) is 10.1 Å². The van der Waals surface area contributed by atoms with E-state index in [9.17, 15) is 14.9 Å². The van der Waals surface area contributed by atoms with Crippen molar-refractivity contribution in [1.82, 2.24) is 5.16 Å². The minimum absolute atomic E-state index is 0.0394. The highest BCUT2D eigenvalue weighted by atomic mass is 16.6. The third kappa shape index (κ3) is 7.30. The van der Waals surface area contributed by atoms with Crippen LogP contribution in [0.3, 0.4) is 0 Å². The van der Waals surface area contributed by atoms with Crippen molar-refractivity contribution in [2.24, 2.45) is 5.73 Å². The van der Waals surface area contributed by atoms with Gasteiger partial charge in [0.2, 0.25) is 0 Å². The highest BCUT2D eigenvalue weighted by Gasteiger charge is 2.19. The maximum absolute atomic E-state index is 11.5. The number of benzene rings is 4. The van der Waals surface area contributed by atoms with Crippen LogP contribution in [0.15, 0.2) is 108 Å². The Morgan fingerprint density at radius 1 is 0.786 bits per heavy atom. The van der Waals surface area contributed by atoms with Gasteiger partial charge >= 0.3 is 0 Å². The summed E-state index contributed by atoms with van der Waals surface area (Å²) in [5.74, 6) is 1.65. The number of primary amides is 1. The normalized spacial score (nSPS) is 10.7. The maximum Gasteiger partial charge on any atom is 0.270 e. The molecule has 212 valence electrons. The summed E-state index contributed by atoms with van der Waals surface area (Å²) in [6, 6.07) is 30.3. The lowest BCUT2D eigenvalue weighted by Gasteiger charge is -2.19. The number of non-ortho nitro benzene ring substituents is 1. The van der Waals surface area contributed by atoms with E-state index in [1.54, 1.807) is 12.1 Å². The molecule has 1 heterocycles. The number of aryl methyl sites for hydroxylation is 1. The molecule has 5 rings (SSSR count). The van der Waals surface area contributed by atoms with E-state index in [-0.39, 0.29) is 11.4 Å². The second-order valence-electron chi connectivity index (χ2n) is 9.34. The van der Waals surface area contributed by atoms with Crippen LogP contribution in [0.2, 0.25) is 0 Å². The van der Waals surface area contributed by atoms with Gasteiger partial charge in [0.25, 0.3) is 11.6 Å². The lowest BCUT2D eigenvalue weighted by molar-refractivity contribution is -0.384. The smallest absolute Gasteiger partial charge is 0.270 e. The summed E-state index contributed by atoms with van der Waals surface area (Å²) in [6.07, 6.45) is 0.752. The molecular formula is C32H27N3O7. The molecule has 0 spiro atoms. The van der Waals surface area contributed by atoms with Crippen molar-refractivity contribution in [3.8, 4) is 23.0 Å². The molecule has 5 aromatic rings. The van der Waals surface area contributed by atoms with Crippen molar-refractivity contribution in [3.63, 3.8) is 0 Å². The average Bonchev–Trinajstić information content (AvgIpc) is 3.49. The van der Waals surface area contributed by atoms with E-state index in [1.807, 2.05) is 60.7 Å². The van der Waals surface area contributed by atoms with Crippen LogP contribution in [-0.4, -0.2) is 16.0 Å². The van der Waals surface area contributed by atoms with Gasteiger partial charge in [0.1, 0.15) is 42.0 Å². The summed E-state index contributed by atoms with van der Waals surface area (Å²) in [5.41, 5.74) is 7.97. The molecule has 0 radical (unpaired) electrons. The quantitative estimate of drug-likeness (QED) is 0.127. The Balaban J connectivity index is 1.49. The molecule has 0 bridgehead atoms. The second kappa shape index (κ2) is 13.1. The number of nitro benzene ring substituents is 1. The number of aromatic nitrogens is 1. The van der Waals surface area contributed by atoms with E-state index in [2.05, 4.69) is 5.16 Å². The minimum atomic E-state index is -0.681. The van der Waals surface area contributed by atoms with E-state index < -0.39 is 10.8 Å². The number of nitrogens with two attached hydrogens (primary N) is 1. The fourth-order valence-electron chi connectivity index (χ4n) is 4.18. The van der Waals surface area contributed by atoms with Gasteiger partial charge in [-0.15, -0.1) is 0 Å². The zero-order valence-corrected chi connectivity index (χ0v) is 22.5. The number of rotatable bonds is 13. The molecule has 10 heteroatoms. The first-order chi connectivity index (χ1) is 20.4. The van der Waals surface area contributed by atoms with Crippen LogP contribution in [0.4, 0.5) is 5.69 Å². The number of carbonyl (C=O) groups excluding carboxylic acids is 1. The Morgan fingerprint density at radius 2 is 1.40 bits per heavy atom. The Labute approximate surface area is 241 Å². The Morgan fingerprint density at radius 3 is 2.00 bits per heavy atom. The summed E-state index contributed by atoms with van der Waals surface area (Å²) < 4.78 is 24.0. The van der Waals surface area contributed by atoms with Crippen molar-refractivity contribution in [1.29, 1.82) is 0 Å². The van der Waals surface area contributed by atoms with Gasteiger partial charge in [-0.3, -0.25) is 14.9 Å². The Bertz CT molecular complexity index is 1650. The molecule has 42 heavy (non-hydrogen) atoms.